The van der Waals surface area contributed by atoms with Crippen molar-refractivity contribution in [3.05, 3.63) is 70.7 Å². The Morgan fingerprint density at radius 1 is 1.06 bits per heavy atom. The first-order chi connectivity index (χ1) is 15.1. The van der Waals surface area contributed by atoms with Gasteiger partial charge in [-0.1, -0.05) is 54.1 Å². The zero-order valence-corrected chi connectivity index (χ0v) is 19.7. The largest absolute Gasteiger partial charge is 0.352 e. The van der Waals surface area contributed by atoms with Gasteiger partial charge in [0, 0.05) is 36.9 Å². The zero-order chi connectivity index (χ0) is 22.9. The Balaban J connectivity index is 0.00000306. The molecular formula is C21H22Cl2F2N4O3S. The Morgan fingerprint density at radius 3 is 2.27 bits per heavy atom. The van der Waals surface area contributed by atoms with E-state index in [-0.39, 0.29) is 38.0 Å². The number of nitrogens with one attached hydrogen (secondary N) is 1. The van der Waals surface area contributed by atoms with Gasteiger partial charge in [-0.15, -0.1) is 12.4 Å². The van der Waals surface area contributed by atoms with Crippen molar-refractivity contribution < 1.29 is 22.0 Å². The fourth-order valence-electron chi connectivity index (χ4n) is 3.74. The lowest BCUT2D eigenvalue weighted by atomic mass is 9.91. The van der Waals surface area contributed by atoms with Crippen molar-refractivity contribution in [1.29, 1.82) is 0 Å². The molecule has 2 amide bonds. The summed E-state index contributed by atoms with van der Waals surface area (Å²) in [4.78, 5) is 12.8. The van der Waals surface area contributed by atoms with Crippen molar-refractivity contribution in [2.75, 3.05) is 19.6 Å². The number of benzene rings is 2. The fraction of sp³-hybridized carbons (Fsp3) is 0.333. The van der Waals surface area contributed by atoms with E-state index in [4.69, 9.17) is 11.6 Å². The minimum Gasteiger partial charge on any atom is -0.245 e. The molecule has 0 bridgehead atoms. The lowest BCUT2D eigenvalue weighted by molar-refractivity contribution is -0.0412. The second kappa shape index (κ2) is 9.92. The van der Waals surface area contributed by atoms with Crippen molar-refractivity contribution >= 4 is 46.0 Å². The number of piperidine rings is 1. The average Bonchev–Trinajstić information content (AvgIpc) is 3.20. The van der Waals surface area contributed by atoms with Crippen LogP contribution in [0.15, 0.2) is 59.7 Å². The number of nitrogens with zero attached hydrogens (tertiary/aromatic N) is 3. The molecule has 2 aromatic rings. The highest BCUT2D eigenvalue weighted by atomic mass is 35.5. The van der Waals surface area contributed by atoms with E-state index in [1.165, 1.54) is 0 Å². The molecule has 4 rings (SSSR count). The van der Waals surface area contributed by atoms with Crippen LogP contribution in [0.5, 0.6) is 0 Å². The Bertz CT molecular complexity index is 1120. The van der Waals surface area contributed by atoms with Gasteiger partial charge in [-0.05, 0) is 23.3 Å². The smallest absolute Gasteiger partial charge is 0.245 e. The number of hydrogen-bond donors (Lipinski definition) is 1. The quantitative estimate of drug-likeness (QED) is 0.656. The summed E-state index contributed by atoms with van der Waals surface area (Å²) in [5.74, 6) is -3.18. The van der Waals surface area contributed by atoms with Gasteiger partial charge in [0.25, 0.3) is 5.92 Å². The van der Waals surface area contributed by atoms with E-state index in [1.807, 2.05) is 35.1 Å². The second-order valence-electron chi connectivity index (χ2n) is 7.70. The van der Waals surface area contributed by atoms with E-state index in [0.29, 0.717) is 10.7 Å². The summed E-state index contributed by atoms with van der Waals surface area (Å²) in [6.45, 7) is -0.593. The van der Waals surface area contributed by atoms with Crippen LogP contribution >= 0.6 is 24.0 Å². The van der Waals surface area contributed by atoms with Crippen LogP contribution in [0.1, 0.15) is 29.9 Å². The lowest BCUT2D eigenvalue weighted by Gasteiger charge is -2.30. The van der Waals surface area contributed by atoms with Gasteiger partial charge < -0.3 is 0 Å². The normalized spacial score (nSPS) is 20.6. The third-order valence-electron chi connectivity index (χ3n) is 5.50. The number of carbonyl (C=O) groups is 1. The van der Waals surface area contributed by atoms with E-state index < -0.39 is 35.0 Å². The Hall–Kier alpha value is -2.27. The molecule has 7 nitrogen and oxygen atoms in total. The molecule has 33 heavy (non-hydrogen) atoms. The maximum atomic E-state index is 13.4. The van der Waals surface area contributed by atoms with E-state index in [2.05, 4.69) is 5.10 Å². The van der Waals surface area contributed by atoms with Crippen molar-refractivity contribution in [1.82, 2.24) is 14.0 Å². The molecule has 0 aromatic heterocycles. The molecule has 0 saturated carbocycles. The molecule has 1 unspecified atom stereocenters. The first kappa shape index (κ1) is 25.4. The Kier molecular flexibility index (Phi) is 7.62. The lowest BCUT2D eigenvalue weighted by Crippen LogP contribution is -2.51. The minimum absolute atomic E-state index is 0. The molecule has 0 radical (unpaired) electrons. The van der Waals surface area contributed by atoms with Crippen molar-refractivity contribution in [3.8, 4) is 0 Å². The monoisotopic (exact) mass is 518 g/mol. The van der Waals surface area contributed by atoms with E-state index in [0.717, 1.165) is 20.4 Å². The van der Waals surface area contributed by atoms with Crippen LogP contribution in [0.4, 0.5) is 13.6 Å². The number of hydrazone groups is 1. The number of carbonyl (C=O) groups excluding carboxylic acids is 1. The molecule has 2 aliphatic heterocycles. The van der Waals surface area contributed by atoms with Gasteiger partial charge >= 0.3 is 16.2 Å². The predicted molar refractivity (Wildman–Crippen MR) is 124 cm³/mol. The third-order valence-corrected chi connectivity index (χ3v) is 7.23. The van der Waals surface area contributed by atoms with E-state index in [1.54, 1.807) is 24.3 Å². The minimum atomic E-state index is -4.27. The van der Waals surface area contributed by atoms with Gasteiger partial charge in [-0.2, -0.15) is 17.8 Å². The molecule has 1 fully saturated rings. The number of amides is 2. The van der Waals surface area contributed by atoms with Crippen LogP contribution in [0.3, 0.4) is 0 Å². The summed E-state index contributed by atoms with van der Waals surface area (Å²) in [6.07, 6.45) is -1.17. The number of rotatable bonds is 4. The second-order valence-corrected chi connectivity index (χ2v) is 9.81. The standard InChI is InChI=1S/C21H21ClF2N4O3S.ClH/c22-17-8-6-16(7-9-17)19-18(15-4-2-1-3-5-15)14-28(25-19)20(29)26-32(30,31)27-12-10-21(23,24)11-13-27;/h1-9,18H,10-14H2,(H,26,29);1H. The Morgan fingerprint density at radius 2 is 1.67 bits per heavy atom. The number of alkyl halides is 2. The van der Waals surface area contributed by atoms with Crippen LogP contribution in [-0.4, -0.2) is 55.0 Å². The van der Waals surface area contributed by atoms with Crippen molar-refractivity contribution in [2.45, 2.75) is 24.7 Å². The van der Waals surface area contributed by atoms with Gasteiger partial charge in [0.1, 0.15) is 0 Å². The molecule has 1 saturated heterocycles. The highest BCUT2D eigenvalue weighted by Gasteiger charge is 2.40. The van der Waals surface area contributed by atoms with Crippen LogP contribution in [-0.2, 0) is 10.2 Å². The molecular weight excluding hydrogens is 497 g/mol. The SMILES string of the molecule is Cl.O=C(NS(=O)(=O)N1CCC(F)(F)CC1)N1CC(c2ccccc2)C(c2ccc(Cl)cc2)=N1. The molecule has 178 valence electrons. The Labute approximate surface area is 202 Å². The van der Waals surface area contributed by atoms with Gasteiger partial charge in [-0.25, -0.2) is 23.3 Å². The first-order valence-electron chi connectivity index (χ1n) is 10.0. The molecule has 12 heteroatoms. The highest BCUT2D eigenvalue weighted by Crippen LogP contribution is 2.30. The van der Waals surface area contributed by atoms with E-state index >= 15 is 0 Å². The van der Waals surface area contributed by atoms with Crippen molar-refractivity contribution in [3.63, 3.8) is 0 Å². The maximum Gasteiger partial charge on any atom is 0.352 e. The summed E-state index contributed by atoms with van der Waals surface area (Å²) in [5.41, 5.74) is 2.26. The summed E-state index contributed by atoms with van der Waals surface area (Å²) in [6, 6.07) is 15.5. The van der Waals surface area contributed by atoms with Crippen LogP contribution in [0.2, 0.25) is 5.02 Å². The van der Waals surface area contributed by atoms with Gasteiger partial charge in [0.15, 0.2) is 0 Å². The number of urea groups is 1. The van der Waals surface area contributed by atoms with Crippen molar-refractivity contribution in [2.24, 2.45) is 5.10 Å². The molecule has 2 heterocycles. The molecule has 2 aliphatic rings. The maximum absolute atomic E-state index is 13.4. The fourth-order valence-corrected chi connectivity index (χ4v) is 4.98. The zero-order valence-electron chi connectivity index (χ0n) is 17.3. The van der Waals surface area contributed by atoms with Crippen LogP contribution < -0.4 is 4.72 Å². The predicted octanol–water partition coefficient (Wildman–Crippen LogP) is 4.25. The highest BCUT2D eigenvalue weighted by molar-refractivity contribution is 7.87. The summed E-state index contributed by atoms with van der Waals surface area (Å²) < 4.78 is 54.7. The topological polar surface area (TPSA) is 82.1 Å². The van der Waals surface area contributed by atoms with Gasteiger partial charge in [-0.3, -0.25) is 0 Å². The first-order valence-corrected chi connectivity index (χ1v) is 11.8. The summed E-state index contributed by atoms with van der Waals surface area (Å²) in [5, 5.41) is 6.00. The van der Waals surface area contributed by atoms with Gasteiger partial charge in [0.05, 0.1) is 12.3 Å². The third kappa shape index (κ3) is 5.81. The molecule has 1 atom stereocenters. The van der Waals surface area contributed by atoms with Crippen LogP contribution in [0, 0.1) is 0 Å². The van der Waals surface area contributed by atoms with Crippen LogP contribution in [0.25, 0.3) is 0 Å². The molecule has 0 spiro atoms. The number of hydrogen-bond acceptors (Lipinski definition) is 4. The van der Waals surface area contributed by atoms with E-state index in [9.17, 15) is 22.0 Å². The number of halogens is 4. The average molecular weight is 519 g/mol. The molecule has 0 aliphatic carbocycles. The van der Waals surface area contributed by atoms with Gasteiger partial charge in [0.2, 0.25) is 0 Å². The molecule has 2 aromatic carbocycles. The molecule has 1 N–H and O–H groups in total. The summed E-state index contributed by atoms with van der Waals surface area (Å²) in [7, 11) is -4.27. The summed E-state index contributed by atoms with van der Waals surface area (Å²) >= 11 is 5.98.